The summed E-state index contributed by atoms with van der Waals surface area (Å²) in [6, 6.07) is 2.20. The minimum absolute atomic E-state index is 0.373. The Kier molecular flexibility index (Phi) is 4.46. The van der Waals surface area contributed by atoms with Gasteiger partial charge in [-0.15, -0.1) is 0 Å². The average molecular weight is 276 g/mol. The van der Waals surface area contributed by atoms with E-state index >= 15 is 0 Å². The van der Waals surface area contributed by atoms with Crippen molar-refractivity contribution in [2.45, 2.75) is 13.0 Å². The molecule has 0 spiro atoms. The van der Waals surface area contributed by atoms with Gasteiger partial charge in [0, 0.05) is 32.0 Å². The highest BCUT2D eigenvalue weighted by Gasteiger charge is 2.09. The molecule has 2 aromatic rings. The van der Waals surface area contributed by atoms with Crippen molar-refractivity contribution in [3.05, 3.63) is 18.5 Å². The standard InChI is InChI=1S/C12H20N8/c1-9(19(3)4)8-14-11-16-10(13-2)17-12(18-11)20-7-5-6-15-20/h5-7,9H,8H2,1-4H3,(H2,13,14,16,17,18). The van der Waals surface area contributed by atoms with Crippen LogP contribution in [0.2, 0.25) is 0 Å². The summed E-state index contributed by atoms with van der Waals surface area (Å²) >= 11 is 0. The van der Waals surface area contributed by atoms with Gasteiger partial charge >= 0.3 is 0 Å². The minimum Gasteiger partial charge on any atom is -0.357 e. The van der Waals surface area contributed by atoms with Gasteiger partial charge in [0.2, 0.25) is 11.9 Å². The van der Waals surface area contributed by atoms with E-state index in [0.29, 0.717) is 23.9 Å². The maximum absolute atomic E-state index is 4.36. The molecule has 0 saturated carbocycles. The number of anilines is 2. The van der Waals surface area contributed by atoms with E-state index in [1.54, 1.807) is 24.1 Å². The van der Waals surface area contributed by atoms with Gasteiger partial charge in [0.25, 0.3) is 5.95 Å². The van der Waals surface area contributed by atoms with Gasteiger partial charge in [-0.05, 0) is 27.1 Å². The lowest BCUT2D eigenvalue weighted by Gasteiger charge is -2.20. The molecule has 0 bridgehead atoms. The third kappa shape index (κ3) is 3.41. The third-order valence-corrected chi connectivity index (χ3v) is 2.99. The van der Waals surface area contributed by atoms with E-state index in [-0.39, 0.29) is 0 Å². The van der Waals surface area contributed by atoms with Crippen LogP contribution < -0.4 is 10.6 Å². The molecule has 8 nitrogen and oxygen atoms in total. The van der Waals surface area contributed by atoms with Crippen molar-refractivity contribution in [3.8, 4) is 5.95 Å². The predicted octanol–water partition coefficient (Wildman–Crippen LogP) is 0.461. The summed E-state index contributed by atoms with van der Waals surface area (Å²) in [6.45, 7) is 2.88. The topological polar surface area (TPSA) is 83.8 Å². The fourth-order valence-corrected chi connectivity index (χ4v) is 1.47. The van der Waals surface area contributed by atoms with Gasteiger partial charge in [0.15, 0.2) is 0 Å². The quantitative estimate of drug-likeness (QED) is 0.793. The Bertz CT molecular complexity index is 536. The highest BCUT2D eigenvalue weighted by Crippen LogP contribution is 2.08. The first-order valence-electron chi connectivity index (χ1n) is 6.44. The summed E-state index contributed by atoms with van der Waals surface area (Å²) in [5, 5.41) is 10.3. The summed E-state index contributed by atoms with van der Waals surface area (Å²) in [7, 11) is 5.84. The van der Waals surface area contributed by atoms with Crippen molar-refractivity contribution in [1.29, 1.82) is 0 Å². The van der Waals surface area contributed by atoms with E-state index in [2.05, 4.69) is 42.5 Å². The third-order valence-electron chi connectivity index (χ3n) is 2.99. The van der Waals surface area contributed by atoms with Gasteiger partial charge < -0.3 is 15.5 Å². The summed E-state index contributed by atoms with van der Waals surface area (Å²) in [4.78, 5) is 15.1. The van der Waals surface area contributed by atoms with Crippen molar-refractivity contribution in [2.75, 3.05) is 38.3 Å². The fraction of sp³-hybridized carbons (Fsp3) is 0.500. The molecule has 0 aliphatic carbocycles. The molecule has 0 aromatic carbocycles. The SMILES string of the molecule is CNc1nc(NCC(C)N(C)C)nc(-n2cccn2)n1. The van der Waals surface area contributed by atoms with E-state index < -0.39 is 0 Å². The van der Waals surface area contributed by atoms with Crippen LogP contribution in [0.1, 0.15) is 6.92 Å². The summed E-state index contributed by atoms with van der Waals surface area (Å²) in [6.07, 6.45) is 3.48. The molecule has 1 unspecified atom stereocenters. The average Bonchev–Trinajstić information content (AvgIpc) is 2.98. The Morgan fingerprint density at radius 2 is 2.00 bits per heavy atom. The molecule has 20 heavy (non-hydrogen) atoms. The molecule has 0 saturated heterocycles. The number of likely N-dealkylation sites (N-methyl/N-ethyl adjacent to an activating group) is 1. The van der Waals surface area contributed by atoms with Crippen LogP contribution >= 0.6 is 0 Å². The molecule has 1 atom stereocenters. The Morgan fingerprint density at radius 1 is 1.25 bits per heavy atom. The lowest BCUT2D eigenvalue weighted by molar-refractivity contribution is 0.325. The smallest absolute Gasteiger partial charge is 0.257 e. The maximum Gasteiger partial charge on any atom is 0.257 e. The predicted molar refractivity (Wildman–Crippen MR) is 78.1 cm³/mol. The van der Waals surface area contributed by atoms with Gasteiger partial charge in [-0.25, -0.2) is 4.68 Å². The maximum atomic E-state index is 4.36. The van der Waals surface area contributed by atoms with Crippen LogP contribution in [0.5, 0.6) is 0 Å². The van der Waals surface area contributed by atoms with E-state index in [9.17, 15) is 0 Å². The van der Waals surface area contributed by atoms with Crippen LogP contribution in [0, 0.1) is 0 Å². The molecule has 2 heterocycles. The zero-order valence-electron chi connectivity index (χ0n) is 12.2. The Labute approximate surface area is 118 Å². The lowest BCUT2D eigenvalue weighted by atomic mass is 10.3. The molecule has 108 valence electrons. The first-order chi connectivity index (χ1) is 9.60. The van der Waals surface area contributed by atoms with E-state index in [0.717, 1.165) is 6.54 Å². The van der Waals surface area contributed by atoms with E-state index in [1.165, 1.54) is 0 Å². The van der Waals surface area contributed by atoms with Crippen molar-refractivity contribution >= 4 is 11.9 Å². The van der Waals surface area contributed by atoms with Crippen LogP contribution in [0.25, 0.3) is 5.95 Å². The molecule has 0 aliphatic heterocycles. The van der Waals surface area contributed by atoms with Crippen LogP contribution in [0.4, 0.5) is 11.9 Å². The normalized spacial score (nSPS) is 12.4. The van der Waals surface area contributed by atoms with Gasteiger partial charge in [-0.2, -0.15) is 20.1 Å². The second-order valence-electron chi connectivity index (χ2n) is 4.68. The van der Waals surface area contributed by atoms with Crippen molar-refractivity contribution < 1.29 is 0 Å². The first-order valence-corrected chi connectivity index (χ1v) is 6.44. The minimum atomic E-state index is 0.373. The van der Waals surface area contributed by atoms with E-state index in [1.807, 2.05) is 20.2 Å². The largest absolute Gasteiger partial charge is 0.357 e. The van der Waals surface area contributed by atoms with Crippen molar-refractivity contribution in [2.24, 2.45) is 0 Å². The Balaban J connectivity index is 2.18. The molecule has 0 amide bonds. The molecule has 2 rings (SSSR count). The fourth-order valence-electron chi connectivity index (χ4n) is 1.47. The first kappa shape index (κ1) is 14.2. The highest BCUT2D eigenvalue weighted by molar-refractivity contribution is 5.37. The zero-order valence-corrected chi connectivity index (χ0v) is 12.2. The molecule has 2 N–H and O–H groups in total. The summed E-state index contributed by atoms with van der Waals surface area (Å²) in [5.74, 6) is 1.52. The Morgan fingerprint density at radius 3 is 2.60 bits per heavy atom. The lowest BCUT2D eigenvalue weighted by Crippen LogP contribution is -2.32. The van der Waals surface area contributed by atoms with Crippen LogP contribution in [-0.2, 0) is 0 Å². The molecule has 0 aliphatic rings. The second-order valence-corrected chi connectivity index (χ2v) is 4.68. The van der Waals surface area contributed by atoms with Gasteiger partial charge in [0.05, 0.1) is 0 Å². The monoisotopic (exact) mass is 276 g/mol. The molecule has 8 heteroatoms. The number of rotatable bonds is 6. The summed E-state index contributed by atoms with van der Waals surface area (Å²) < 4.78 is 1.60. The van der Waals surface area contributed by atoms with Gasteiger partial charge in [0.1, 0.15) is 0 Å². The Hall–Kier alpha value is -2.22. The molecule has 0 radical (unpaired) electrons. The highest BCUT2D eigenvalue weighted by atomic mass is 15.4. The number of hydrogen-bond donors (Lipinski definition) is 2. The number of hydrogen-bond acceptors (Lipinski definition) is 7. The van der Waals surface area contributed by atoms with Gasteiger partial charge in [-0.1, -0.05) is 0 Å². The molecule has 2 aromatic heterocycles. The second kappa shape index (κ2) is 6.29. The molecule has 0 fully saturated rings. The molecular formula is C12H20N8. The zero-order chi connectivity index (χ0) is 14.5. The number of nitrogens with one attached hydrogen (secondary N) is 2. The van der Waals surface area contributed by atoms with Crippen LogP contribution in [0.15, 0.2) is 18.5 Å². The molecular weight excluding hydrogens is 256 g/mol. The van der Waals surface area contributed by atoms with E-state index in [4.69, 9.17) is 0 Å². The number of nitrogens with zero attached hydrogens (tertiary/aromatic N) is 6. The van der Waals surface area contributed by atoms with Crippen LogP contribution in [0.3, 0.4) is 0 Å². The van der Waals surface area contributed by atoms with Crippen LogP contribution in [-0.4, -0.2) is 63.4 Å². The number of aromatic nitrogens is 5. The van der Waals surface area contributed by atoms with Gasteiger partial charge in [-0.3, -0.25) is 0 Å². The van der Waals surface area contributed by atoms with Crippen molar-refractivity contribution in [1.82, 2.24) is 29.6 Å². The summed E-state index contributed by atoms with van der Waals surface area (Å²) in [5.41, 5.74) is 0. The van der Waals surface area contributed by atoms with Crippen molar-refractivity contribution in [3.63, 3.8) is 0 Å².